The van der Waals surface area contributed by atoms with Gasteiger partial charge in [-0.3, -0.25) is 4.68 Å². The molecule has 2 rings (SSSR count). The van der Waals surface area contributed by atoms with Gasteiger partial charge in [-0.1, -0.05) is 46.3 Å². The van der Waals surface area contributed by atoms with Gasteiger partial charge in [-0.2, -0.15) is 0 Å². The maximum Gasteiger partial charge on any atom is 0.0832 e. The fraction of sp³-hybridized carbons (Fsp3) is 0.895. The lowest BCUT2D eigenvalue weighted by Crippen LogP contribution is -2.43. The first kappa shape index (κ1) is 19.4. The average Bonchev–Trinajstić information content (AvgIpc) is 2.89. The van der Waals surface area contributed by atoms with Crippen LogP contribution in [-0.2, 0) is 13.0 Å². The van der Waals surface area contributed by atoms with Gasteiger partial charge >= 0.3 is 0 Å². The first-order chi connectivity index (χ1) is 11.2. The maximum absolute atomic E-state index is 4.34. The van der Waals surface area contributed by atoms with E-state index >= 15 is 0 Å². The van der Waals surface area contributed by atoms with Crippen LogP contribution in [0.2, 0.25) is 0 Å². The molecule has 0 radical (unpaired) electrons. The number of hydrogen-bond acceptors (Lipinski definition) is 4. The first-order valence-electron chi connectivity index (χ1n) is 9.56. The quantitative estimate of drug-likeness (QED) is 0.742. The summed E-state index contributed by atoms with van der Waals surface area (Å²) in [6.45, 7) is 18.3. The van der Waals surface area contributed by atoms with Gasteiger partial charge in [-0.25, -0.2) is 0 Å². The van der Waals surface area contributed by atoms with Crippen LogP contribution in [0.15, 0.2) is 6.20 Å². The van der Waals surface area contributed by atoms with Gasteiger partial charge in [-0.15, -0.1) is 5.10 Å². The van der Waals surface area contributed by atoms with E-state index in [1.165, 1.54) is 38.9 Å². The third-order valence-corrected chi connectivity index (χ3v) is 4.68. The van der Waals surface area contributed by atoms with Gasteiger partial charge in [0, 0.05) is 38.9 Å². The number of nitrogens with zero attached hydrogens (tertiary/aromatic N) is 4. The Morgan fingerprint density at radius 1 is 1.08 bits per heavy atom. The molecule has 0 aliphatic carbocycles. The predicted molar refractivity (Wildman–Crippen MR) is 100 cm³/mol. The number of nitrogens with one attached hydrogen (secondary N) is 1. The molecule has 1 aromatic rings. The van der Waals surface area contributed by atoms with Crippen molar-refractivity contribution in [3.05, 3.63) is 11.9 Å². The van der Waals surface area contributed by atoms with E-state index in [4.69, 9.17) is 0 Å². The molecule has 5 nitrogen and oxygen atoms in total. The Morgan fingerprint density at radius 2 is 1.79 bits per heavy atom. The van der Waals surface area contributed by atoms with E-state index in [2.05, 4.69) is 61.3 Å². The van der Waals surface area contributed by atoms with Gasteiger partial charge < -0.3 is 10.2 Å². The highest BCUT2D eigenvalue weighted by Crippen LogP contribution is 2.26. The summed E-state index contributed by atoms with van der Waals surface area (Å²) < 4.78 is 2.04. The molecule has 0 amide bonds. The van der Waals surface area contributed by atoms with E-state index in [0.717, 1.165) is 31.7 Å². The molecule has 138 valence electrons. The van der Waals surface area contributed by atoms with E-state index in [0.29, 0.717) is 0 Å². The van der Waals surface area contributed by atoms with Gasteiger partial charge in [0.25, 0.3) is 0 Å². The lowest BCUT2D eigenvalue weighted by atomic mass is 9.87. The highest BCUT2D eigenvalue weighted by Gasteiger charge is 2.20. The third-order valence-electron chi connectivity index (χ3n) is 4.68. The van der Waals surface area contributed by atoms with Gasteiger partial charge in [-0.05, 0) is 36.6 Å². The molecule has 5 heteroatoms. The summed E-state index contributed by atoms with van der Waals surface area (Å²) in [6, 6.07) is 0. The summed E-state index contributed by atoms with van der Waals surface area (Å²) in [6.07, 6.45) is 6.95. The molecule has 0 bridgehead atoms. The normalized spacial score (nSPS) is 17.4. The zero-order valence-electron chi connectivity index (χ0n) is 16.4. The molecule has 0 aromatic carbocycles. The fourth-order valence-corrected chi connectivity index (χ4v) is 3.43. The van der Waals surface area contributed by atoms with E-state index < -0.39 is 0 Å². The summed E-state index contributed by atoms with van der Waals surface area (Å²) >= 11 is 0. The maximum atomic E-state index is 4.34. The zero-order valence-corrected chi connectivity index (χ0v) is 16.4. The van der Waals surface area contributed by atoms with Crippen molar-refractivity contribution in [1.29, 1.82) is 0 Å². The molecule has 1 aliphatic rings. The van der Waals surface area contributed by atoms with Crippen molar-refractivity contribution in [2.45, 2.75) is 66.8 Å². The van der Waals surface area contributed by atoms with Crippen LogP contribution >= 0.6 is 0 Å². The Hall–Kier alpha value is -0.940. The summed E-state index contributed by atoms with van der Waals surface area (Å²) in [4.78, 5) is 2.58. The van der Waals surface area contributed by atoms with Crippen LogP contribution in [-0.4, -0.2) is 52.6 Å². The third kappa shape index (κ3) is 7.31. The molecular weight excluding hydrogens is 298 g/mol. The standard InChI is InChI=1S/C19H37N5/c1-18(2,3)14-17-15-24(22-21-17)16-19(4,5)8-6-7-11-23-12-9-20-10-13-23/h15,20H,6-14,16H2,1-5H3. The monoisotopic (exact) mass is 335 g/mol. The van der Waals surface area contributed by atoms with Crippen molar-refractivity contribution < 1.29 is 0 Å². The summed E-state index contributed by atoms with van der Waals surface area (Å²) in [5, 5.41) is 12.1. The number of piperazine rings is 1. The lowest BCUT2D eigenvalue weighted by Gasteiger charge is -2.28. The number of hydrogen-bond donors (Lipinski definition) is 1. The van der Waals surface area contributed by atoms with Gasteiger partial charge in [0.2, 0.25) is 0 Å². The van der Waals surface area contributed by atoms with Crippen molar-refractivity contribution in [1.82, 2.24) is 25.2 Å². The molecule has 24 heavy (non-hydrogen) atoms. The molecule has 1 aromatic heterocycles. The lowest BCUT2D eigenvalue weighted by molar-refractivity contribution is 0.219. The molecule has 1 N–H and O–H groups in total. The smallest absolute Gasteiger partial charge is 0.0832 e. The van der Waals surface area contributed by atoms with Gasteiger partial charge in [0.1, 0.15) is 0 Å². The fourth-order valence-electron chi connectivity index (χ4n) is 3.43. The van der Waals surface area contributed by atoms with E-state index in [1.54, 1.807) is 0 Å². The highest BCUT2D eigenvalue weighted by atomic mass is 15.4. The molecule has 0 saturated carbocycles. The van der Waals surface area contributed by atoms with Crippen LogP contribution in [0.25, 0.3) is 0 Å². The van der Waals surface area contributed by atoms with Crippen LogP contribution < -0.4 is 5.32 Å². The van der Waals surface area contributed by atoms with Crippen molar-refractivity contribution in [3.8, 4) is 0 Å². The van der Waals surface area contributed by atoms with Crippen LogP contribution in [0.3, 0.4) is 0 Å². The SMILES string of the molecule is CC(C)(C)Cc1cn(CC(C)(C)CCCCN2CCNCC2)nn1. The van der Waals surface area contributed by atoms with Gasteiger partial charge in [0.15, 0.2) is 0 Å². The van der Waals surface area contributed by atoms with Crippen LogP contribution in [0.5, 0.6) is 0 Å². The van der Waals surface area contributed by atoms with Crippen molar-refractivity contribution >= 4 is 0 Å². The van der Waals surface area contributed by atoms with Crippen molar-refractivity contribution in [2.24, 2.45) is 10.8 Å². The molecule has 2 heterocycles. The molecule has 0 atom stereocenters. The van der Waals surface area contributed by atoms with E-state index in [-0.39, 0.29) is 10.8 Å². The molecular formula is C19H37N5. The largest absolute Gasteiger partial charge is 0.314 e. The van der Waals surface area contributed by atoms with E-state index in [9.17, 15) is 0 Å². The number of unbranched alkanes of at least 4 members (excludes halogenated alkanes) is 1. The zero-order chi connectivity index (χ0) is 17.6. The molecule has 0 spiro atoms. The minimum absolute atomic E-state index is 0.264. The second-order valence-corrected chi connectivity index (χ2v) is 9.36. The molecule has 1 aliphatic heterocycles. The molecule has 1 fully saturated rings. The Labute approximate surface area is 148 Å². The minimum atomic E-state index is 0.264. The summed E-state index contributed by atoms with van der Waals surface area (Å²) in [5.74, 6) is 0. The Kier molecular flexibility index (Phi) is 6.81. The average molecular weight is 336 g/mol. The van der Waals surface area contributed by atoms with Crippen molar-refractivity contribution in [2.75, 3.05) is 32.7 Å². The van der Waals surface area contributed by atoms with E-state index in [1.807, 2.05) is 4.68 Å². The summed E-state index contributed by atoms with van der Waals surface area (Å²) in [7, 11) is 0. The van der Waals surface area contributed by atoms with Crippen LogP contribution in [0, 0.1) is 10.8 Å². The highest BCUT2D eigenvalue weighted by molar-refractivity contribution is 4.96. The minimum Gasteiger partial charge on any atom is -0.314 e. The second-order valence-electron chi connectivity index (χ2n) is 9.36. The predicted octanol–water partition coefficient (Wildman–Crippen LogP) is 2.97. The summed E-state index contributed by atoms with van der Waals surface area (Å²) in [5.41, 5.74) is 1.65. The molecule has 1 saturated heterocycles. The van der Waals surface area contributed by atoms with Crippen LogP contribution in [0.1, 0.15) is 59.6 Å². The second kappa shape index (κ2) is 8.43. The Bertz CT molecular complexity index is 480. The number of rotatable bonds is 8. The molecule has 0 unspecified atom stereocenters. The van der Waals surface area contributed by atoms with Crippen molar-refractivity contribution in [3.63, 3.8) is 0 Å². The van der Waals surface area contributed by atoms with Gasteiger partial charge in [0.05, 0.1) is 5.69 Å². The topological polar surface area (TPSA) is 46.0 Å². The Balaban J connectivity index is 1.70. The van der Waals surface area contributed by atoms with Crippen LogP contribution in [0.4, 0.5) is 0 Å². The Morgan fingerprint density at radius 3 is 2.46 bits per heavy atom. The first-order valence-corrected chi connectivity index (χ1v) is 9.56. The number of aromatic nitrogens is 3.